The van der Waals surface area contributed by atoms with Crippen molar-refractivity contribution < 1.29 is 4.79 Å². The van der Waals surface area contributed by atoms with Crippen LogP contribution in [0.4, 0.5) is 0 Å². The van der Waals surface area contributed by atoms with Crippen LogP contribution in [0.1, 0.15) is 27.2 Å². The molecule has 0 aliphatic rings. The van der Waals surface area contributed by atoms with Gasteiger partial charge in [-0.25, -0.2) is 0 Å². The number of carbonyl (C=O) groups excluding carboxylic acids is 1. The second-order valence-electron chi connectivity index (χ2n) is 2.77. The van der Waals surface area contributed by atoms with Crippen LogP contribution in [0.2, 0.25) is 0 Å². The van der Waals surface area contributed by atoms with E-state index in [0.717, 1.165) is 18.3 Å². The van der Waals surface area contributed by atoms with Gasteiger partial charge < -0.3 is 0 Å². The molecule has 0 amide bonds. The molecule has 0 aromatic rings. The van der Waals surface area contributed by atoms with Gasteiger partial charge in [0.25, 0.3) is 0 Å². The zero-order chi connectivity index (χ0) is 9.40. The van der Waals surface area contributed by atoms with Gasteiger partial charge in [0.05, 0.1) is 0 Å². The molecule has 1 heteroatoms. The highest BCUT2D eigenvalue weighted by molar-refractivity contribution is 5.66. The average Bonchev–Trinajstić information content (AvgIpc) is 2.04. The molecule has 0 rings (SSSR count). The van der Waals surface area contributed by atoms with Gasteiger partial charge in [0.2, 0.25) is 0 Å². The molecule has 66 valence electrons. The summed E-state index contributed by atoms with van der Waals surface area (Å²) >= 11 is 0. The van der Waals surface area contributed by atoms with Crippen LogP contribution in [0.15, 0.2) is 35.5 Å². The van der Waals surface area contributed by atoms with Gasteiger partial charge in [0.1, 0.15) is 6.29 Å². The lowest BCUT2D eigenvalue weighted by molar-refractivity contribution is -0.104. The van der Waals surface area contributed by atoms with E-state index in [9.17, 15) is 4.79 Å². The van der Waals surface area contributed by atoms with Crippen molar-refractivity contribution in [1.82, 2.24) is 0 Å². The maximum Gasteiger partial charge on any atom is 0.143 e. The topological polar surface area (TPSA) is 17.1 Å². The van der Waals surface area contributed by atoms with Crippen LogP contribution in [0, 0.1) is 0 Å². The summed E-state index contributed by atoms with van der Waals surface area (Å²) in [7, 11) is 0. The third-order valence-corrected chi connectivity index (χ3v) is 1.63. The van der Waals surface area contributed by atoms with Gasteiger partial charge in [0.15, 0.2) is 0 Å². The minimum atomic E-state index is 0.802. The van der Waals surface area contributed by atoms with Gasteiger partial charge in [-0.2, -0.15) is 0 Å². The highest BCUT2D eigenvalue weighted by atomic mass is 16.1. The largest absolute Gasteiger partial charge is 0.299 e. The number of carbonyl (C=O) groups is 1. The zero-order valence-electron chi connectivity index (χ0n) is 8.00. The molecule has 0 aromatic heterocycles. The molecule has 0 aliphatic heterocycles. The Kier molecular flexibility index (Phi) is 5.98. The summed E-state index contributed by atoms with van der Waals surface area (Å²) in [6.07, 6.45) is 9.37. The fourth-order valence-electron chi connectivity index (χ4n) is 0.645. The lowest BCUT2D eigenvalue weighted by Crippen LogP contribution is -1.70. The average molecular weight is 164 g/mol. The lowest BCUT2D eigenvalue weighted by atomic mass is 10.2. The first kappa shape index (κ1) is 10.9. The summed E-state index contributed by atoms with van der Waals surface area (Å²) < 4.78 is 0. The molecule has 0 aromatic carbocycles. The Labute approximate surface area is 74.5 Å². The molecule has 0 spiro atoms. The van der Waals surface area contributed by atoms with Crippen molar-refractivity contribution in [3.05, 3.63) is 35.5 Å². The van der Waals surface area contributed by atoms with Crippen LogP contribution in [-0.2, 0) is 4.79 Å². The van der Waals surface area contributed by atoms with Crippen molar-refractivity contribution in [3.63, 3.8) is 0 Å². The summed E-state index contributed by atoms with van der Waals surface area (Å²) in [5.74, 6) is 0. The van der Waals surface area contributed by atoms with Crippen molar-refractivity contribution in [2.45, 2.75) is 27.2 Å². The van der Waals surface area contributed by atoms with E-state index in [0.29, 0.717) is 0 Å². The Hall–Kier alpha value is -1.11. The summed E-state index contributed by atoms with van der Waals surface area (Å²) in [6.45, 7) is 6.11. The van der Waals surface area contributed by atoms with Gasteiger partial charge in [-0.3, -0.25) is 4.79 Å². The van der Waals surface area contributed by atoms with Gasteiger partial charge in [-0.1, -0.05) is 30.7 Å². The third-order valence-electron chi connectivity index (χ3n) is 1.63. The Bertz CT molecular complexity index is 219. The monoisotopic (exact) mass is 164 g/mol. The molecule has 0 radical (unpaired) electrons. The van der Waals surface area contributed by atoms with Crippen LogP contribution in [0.3, 0.4) is 0 Å². The van der Waals surface area contributed by atoms with E-state index in [1.807, 2.05) is 19.1 Å². The Morgan fingerprint density at radius 3 is 2.42 bits per heavy atom. The van der Waals surface area contributed by atoms with E-state index in [1.165, 1.54) is 5.57 Å². The van der Waals surface area contributed by atoms with Gasteiger partial charge in [-0.05, 0) is 31.9 Å². The molecule has 0 heterocycles. The molecular weight excluding hydrogens is 148 g/mol. The molecule has 0 aliphatic carbocycles. The number of hydrogen-bond acceptors (Lipinski definition) is 1. The number of hydrogen-bond donors (Lipinski definition) is 0. The zero-order valence-corrected chi connectivity index (χ0v) is 8.00. The predicted molar refractivity (Wildman–Crippen MR) is 53.0 cm³/mol. The molecular formula is C11H16O. The van der Waals surface area contributed by atoms with Crippen LogP contribution in [0.5, 0.6) is 0 Å². The predicted octanol–water partition coefficient (Wildman–Crippen LogP) is 3.04. The quantitative estimate of drug-likeness (QED) is 0.354. The fourth-order valence-corrected chi connectivity index (χ4v) is 0.645. The van der Waals surface area contributed by atoms with Crippen LogP contribution in [-0.4, -0.2) is 6.29 Å². The minimum absolute atomic E-state index is 0.802. The summed E-state index contributed by atoms with van der Waals surface area (Å²) in [6, 6.07) is 0. The summed E-state index contributed by atoms with van der Waals surface area (Å²) in [4.78, 5) is 10.0. The second kappa shape index (κ2) is 6.59. The SMILES string of the molecule is CC/C(C)=C/C=C/C(C)=C/C=O. The third kappa shape index (κ3) is 5.66. The molecule has 0 fully saturated rings. The number of aldehydes is 1. The van der Waals surface area contributed by atoms with E-state index < -0.39 is 0 Å². The number of allylic oxidation sites excluding steroid dienone is 6. The first-order valence-electron chi connectivity index (χ1n) is 4.16. The van der Waals surface area contributed by atoms with Crippen LogP contribution < -0.4 is 0 Å². The molecule has 0 bridgehead atoms. The number of rotatable bonds is 4. The van der Waals surface area contributed by atoms with E-state index in [-0.39, 0.29) is 0 Å². The van der Waals surface area contributed by atoms with E-state index in [2.05, 4.69) is 19.9 Å². The molecule has 1 nitrogen and oxygen atoms in total. The summed E-state index contributed by atoms with van der Waals surface area (Å²) in [5, 5.41) is 0. The van der Waals surface area contributed by atoms with Gasteiger partial charge in [-0.15, -0.1) is 0 Å². The van der Waals surface area contributed by atoms with Gasteiger partial charge in [0, 0.05) is 0 Å². The van der Waals surface area contributed by atoms with Crippen molar-refractivity contribution in [2.75, 3.05) is 0 Å². The van der Waals surface area contributed by atoms with Crippen LogP contribution in [0.25, 0.3) is 0 Å². The second-order valence-corrected chi connectivity index (χ2v) is 2.77. The molecule has 0 unspecified atom stereocenters. The normalized spacial score (nSPS) is 13.9. The maximum atomic E-state index is 10.0. The van der Waals surface area contributed by atoms with Gasteiger partial charge >= 0.3 is 0 Å². The Morgan fingerprint density at radius 2 is 1.92 bits per heavy atom. The van der Waals surface area contributed by atoms with Crippen molar-refractivity contribution in [3.8, 4) is 0 Å². The summed E-state index contributed by atoms with van der Waals surface area (Å²) in [5.41, 5.74) is 2.32. The highest BCUT2D eigenvalue weighted by Gasteiger charge is 1.80. The lowest BCUT2D eigenvalue weighted by Gasteiger charge is -1.89. The molecule has 0 saturated heterocycles. The smallest absolute Gasteiger partial charge is 0.143 e. The fraction of sp³-hybridized carbons (Fsp3) is 0.364. The minimum Gasteiger partial charge on any atom is -0.299 e. The molecule has 0 N–H and O–H groups in total. The van der Waals surface area contributed by atoms with E-state index >= 15 is 0 Å². The van der Waals surface area contributed by atoms with Crippen molar-refractivity contribution in [1.29, 1.82) is 0 Å². The first-order chi connectivity index (χ1) is 5.70. The molecule has 0 saturated carbocycles. The Balaban J connectivity index is 4.08. The van der Waals surface area contributed by atoms with Crippen molar-refractivity contribution >= 4 is 6.29 Å². The highest BCUT2D eigenvalue weighted by Crippen LogP contribution is 1.99. The molecule has 0 atom stereocenters. The van der Waals surface area contributed by atoms with E-state index in [4.69, 9.17) is 0 Å². The maximum absolute atomic E-state index is 10.0. The van der Waals surface area contributed by atoms with Crippen LogP contribution >= 0.6 is 0 Å². The standard InChI is InChI=1S/C11H16O/c1-4-10(2)6-5-7-11(3)8-9-12/h5-9H,4H2,1-3H3/b7-5+,10-6+,11-8+. The first-order valence-corrected chi connectivity index (χ1v) is 4.16. The Morgan fingerprint density at radius 1 is 1.25 bits per heavy atom. The van der Waals surface area contributed by atoms with E-state index in [1.54, 1.807) is 6.08 Å². The molecule has 12 heavy (non-hydrogen) atoms. The van der Waals surface area contributed by atoms with Crippen molar-refractivity contribution in [2.24, 2.45) is 0 Å².